The molecule has 1 rings (SSSR count). The van der Waals surface area contributed by atoms with Gasteiger partial charge in [-0.25, -0.2) is 9.78 Å². The third-order valence-corrected chi connectivity index (χ3v) is 2.75. The molecule has 0 amide bonds. The lowest BCUT2D eigenvalue weighted by molar-refractivity contribution is -0.138. The Labute approximate surface area is 98.9 Å². The molecule has 0 aliphatic rings. The summed E-state index contributed by atoms with van der Waals surface area (Å²) >= 11 is 1.42. The highest BCUT2D eigenvalue weighted by atomic mass is 32.2. The molecule has 4 nitrogen and oxygen atoms in total. The number of carbonyl (C=O) groups excluding carboxylic acids is 1. The topological polar surface area (TPSA) is 65.2 Å². The second-order valence-electron chi connectivity index (χ2n) is 3.04. The molecular weight excluding hydrogens is 224 g/mol. The third-order valence-electron chi connectivity index (χ3n) is 1.72. The standard InChI is InChI=1S/C11H14N2O2S/c1-3-15-11(14)8(2)7-16-10-5-4-9(12)6-13-10/h4-6H,2-3,7,12H2,1H3. The molecule has 0 spiro atoms. The molecule has 1 aromatic rings. The number of esters is 1. The first-order chi connectivity index (χ1) is 7.63. The molecule has 0 aromatic carbocycles. The van der Waals surface area contributed by atoms with Gasteiger partial charge < -0.3 is 10.5 Å². The van der Waals surface area contributed by atoms with Crippen LogP contribution in [0.3, 0.4) is 0 Å². The van der Waals surface area contributed by atoms with Crippen LogP contribution in [0.4, 0.5) is 5.69 Å². The molecule has 0 saturated heterocycles. The van der Waals surface area contributed by atoms with Gasteiger partial charge in [0.15, 0.2) is 0 Å². The van der Waals surface area contributed by atoms with Crippen molar-refractivity contribution in [3.8, 4) is 0 Å². The van der Waals surface area contributed by atoms with E-state index in [1.54, 1.807) is 25.3 Å². The van der Waals surface area contributed by atoms with E-state index in [4.69, 9.17) is 10.5 Å². The van der Waals surface area contributed by atoms with Crippen LogP contribution in [-0.4, -0.2) is 23.3 Å². The molecule has 0 aliphatic heterocycles. The lowest BCUT2D eigenvalue weighted by atomic mass is 10.4. The van der Waals surface area contributed by atoms with E-state index >= 15 is 0 Å². The van der Waals surface area contributed by atoms with Gasteiger partial charge in [0.2, 0.25) is 0 Å². The van der Waals surface area contributed by atoms with Gasteiger partial charge >= 0.3 is 5.97 Å². The molecule has 86 valence electrons. The zero-order valence-electron chi connectivity index (χ0n) is 9.10. The number of hydrogen-bond donors (Lipinski definition) is 1. The minimum atomic E-state index is -0.356. The number of anilines is 1. The minimum absolute atomic E-state index is 0.356. The maximum Gasteiger partial charge on any atom is 0.334 e. The molecular formula is C11H14N2O2S. The van der Waals surface area contributed by atoms with Gasteiger partial charge in [-0.15, -0.1) is 11.8 Å². The van der Waals surface area contributed by atoms with Gasteiger partial charge in [-0.1, -0.05) is 6.58 Å². The van der Waals surface area contributed by atoms with Crippen molar-refractivity contribution in [1.29, 1.82) is 0 Å². The summed E-state index contributed by atoms with van der Waals surface area (Å²) in [6.45, 7) is 5.79. The number of ether oxygens (including phenoxy) is 1. The number of thioether (sulfide) groups is 1. The minimum Gasteiger partial charge on any atom is -0.463 e. The van der Waals surface area contributed by atoms with Crippen molar-refractivity contribution in [1.82, 2.24) is 4.98 Å². The fourth-order valence-electron chi connectivity index (χ4n) is 0.930. The molecule has 0 bridgehead atoms. The smallest absolute Gasteiger partial charge is 0.334 e. The Kier molecular flexibility index (Phi) is 4.85. The van der Waals surface area contributed by atoms with Gasteiger partial charge in [0.1, 0.15) is 0 Å². The fraction of sp³-hybridized carbons (Fsp3) is 0.273. The quantitative estimate of drug-likeness (QED) is 0.482. The molecule has 0 saturated carbocycles. The number of pyridine rings is 1. The molecule has 1 aromatic heterocycles. The highest BCUT2D eigenvalue weighted by Gasteiger charge is 2.08. The molecule has 2 N–H and O–H groups in total. The maximum atomic E-state index is 11.2. The Balaban J connectivity index is 2.42. The number of nitrogens with two attached hydrogens (primary N) is 1. The predicted molar refractivity (Wildman–Crippen MR) is 65.1 cm³/mol. The van der Waals surface area contributed by atoms with Crippen LogP contribution >= 0.6 is 11.8 Å². The van der Waals surface area contributed by atoms with Crippen molar-refractivity contribution in [2.45, 2.75) is 11.9 Å². The van der Waals surface area contributed by atoms with E-state index in [1.165, 1.54) is 11.8 Å². The molecule has 5 heteroatoms. The predicted octanol–water partition coefficient (Wildman–Crippen LogP) is 1.88. The normalized spacial score (nSPS) is 9.81. The van der Waals surface area contributed by atoms with Crippen molar-refractivity contribution in [3.63, 3.8) is 0 Å². The molecule has 1 heterocycles. The van der Waals surface area contributed by atoms with E-state index in [-0.39, 0.29) is 5.97 Å². The van der Waals surface area contributed by atoms with Gasteiger partial charge in [-0.2, -0.15) is 0 Å². The van der Waals surface area contributed by atoms with Crippen LogP contribution in [0.25, 0.3) is 0 Å². The average Bonchev–Trinajstić information content (AvgIpc) is 2.28. The van der Waals surface area contributed by atoms with Crippen LogP contribution < -0.4 is 5.73 Å². The lowest BCUT2D eigenvalue weighted by Gasteiger charge is -2.04. The van der Waals surface area contributed by atoms with E-state index < -0.39 is 0 Å². The monoisotopic (exact) mass is 238 g/mol. The Morgan fingerprint density at radius 2 is 2.38 bits per heavy atom. The van der Waals surface area contributed by atoms with Crippen LogP contribution in [0.2, 0.25) is 0 Å². The van der Waals surface area contributed by atoms with Crippen LogP contribution in [0.1, 0.15) is 6.92 Å². The van der Waals surface area contributed by atoms with Gasteiger partial charge in [-0.3, -0.25) is 0 Å². The zero-order valence-corrected chi connectivity index (χ0v) is 9.92. The Morgan fingerprint density at radius 1 is 1.62 bits per heavy atom. The van der Waals surface area contributed by atoms with Crippen molar-refractivity contribution in [3.05, 3.63) is 30.5 Å². The molecule has 0 atom stereocenters. The van der Waals surface area contributed by atoms with Crippen LogP contribution in [0.15, 0.2) is 35.5 Å². The highest BCUT2D eigenvalue weighted by Crippen LogP contribution is 2.18. The number of aromatic nitrogens is 1. The summed E-state index contributed by atoms with van der Waals surface area (Å²) in [5.74, 6) is 0.112. The lowest BCUT2D eigenvalue weighted by Crippen LogP contribution is -2.08. The largest absolute Gasteiger partial charge is 0.463 e. The molecule has 0 fully saturated rings. The third kappa shape index (κ3) is 3.94. The van der Waals surface area contributed by atoms with Crippen LogP contribution in [0.5, 0.6) is 0 Å². The maximum absolute atomic E-state index is 11.2. The number of carbonyl (C=O) groups is 1. The first kappa shape index (κ1) is 12.6. The number of nitrogens with zero attached hydrogens (tertiary/aromatic N) is 1. The van der Waals surface area contributed by atoms with Gasteiger partial charge in [0, 0.05) is 11.3 Å². The summed E-state index contributed by atoms with van der Waals surface area (Å²) in [4.78, 5) is 15.3. The Hall–Kier alpha value is -1.49. The van der Waals surface area contributed by atoms with Crippen molar-refractivity contribution in [2.75, 3.05) is 18.1 Å². The van der Waals surface area contributed by atoms with E-state index in [9.17, 15) is 4.79 Å². The van der Waals surface area contributed by atoms with E-state index in [2.05, 4.69) is 11.6 Å². The van der Waals surface area contributed by atoms with E-state index in [0.717, 1.165) is 5.03 Å². The summed E-state index contributed by atoms with van der Waals surface area (Å²) in [7, 11) is 0. The summed E-state index contributed by atoms with van der Waals surface area (Å²) in [6.07, 6.45) is 1.58. The van der Waals surface area contributed by atoms with E-state index in [1.807, 2.05) is 0 Å². The Morgan fingerprint density at radius 3 is 2.94 bits per heavy atom. The summed E-state index contributed by atoms with van der Waals surface area (Å²) in [5.41, 5.74) is 6.56. The summed E-state index contributed by atoms with van der Waals surface area (Å²) in [6, 6.07) is 3.57. The fourth-order valence-corrected chi connectivity index (χ4v) is 1.66. The molecule has 0 radical (unpaired) electrons. The number of rotatable bonds is 5. The number of hydrogen-bond acceptors (Lipinski definition) is 5. The molecule has 0 aliphatic carbocycles. The second-order valence-corrected chi connectivity index (χ2v) is 4.04. The summed E-state index contributed by atoms with van der Waals surface area (Å²) in [5, 5.41) is 0.805. The van der Waals surface area contributed by atoms with Gasteiger partial charge in [0.05, 0.1) is 23.5 Å². The number of nitrogen functional groups attached to an aromatic ring is 1. The van der Waals surface area contributed by atoms with Crippen LogP contribution in [0, 0.1) is 0 Å². The first-order valence-electron chi connectivity index (χ1n) is 4.82. The SMILES string of the molecule is C=C(CSc1ccc(N)cn1)C(=O)OCC. The van der Waals surface area contributed by atoms with Crippen molar-refractivity contribution < 1.29 is 9.53 Å². The van der Waals surface area contributed by atoms with Crippen molar-refractivity contribution >= 4 is 23.4 Å². The Bertz CT molecular complexity index is 376. The highest BCUT2D eigenvalue weighted by molar-refractivity contribution is 7.99. The van der Waals surface area contributed by atoms with Gasteiger partial charge in [0.25, 0.3) is 0 Å². The van der Waals surface area contributed by atoms with Gasteiger partial charge in [-0.05, 0) is 19.1 Å². The summed E-state index contributed by atoms with van der Waals surface area (Å²) < 4.78 is 4.82. The second kappa shape index (κ2) is 6.17. The molecule has 16 heavy (non-hydrogen) atoms. The first-order valence-corrected chi connectivity index (χ1v) is 5.81. The van der Waals surface area contributed by atoms with E-state index in [0.29, 0.717) is 23.6 Å². The van der Waals surface area contributed by atoms with Crippen molar-refractivity contribution in [2.24, 2.45) is 0 Å². The zero-order chi connectivity index (χ0) is 12.0. The van der Waals surface area contributed by atoms with Crippen LogP contribution in [-0.2, 0) is 9.53 Å². The average molecular weight is 238 g/mol. The molecule has 0 unspecified atom stereocenters.